The molecule has 0 aromatic carbocycles. The third-order valence-electron chi connectivity index (χ3n) is 3.84. The SMILES string of the molecule is Cc1cc(NCC2CCC(O)CC2)c(C#N)c(C)n1. The molecule has 102 valence electrons. The lowest BCUT2D eigenvalue weighted by atomic mass is 9.87. The number of aromatic nitrogens is 1. The Morgan fingerprint density at radius 1 is 1.37 bits per heavy atom. The number of pyridine rings is 1. The molecule has 1 aromatic heterocycles. The van der Waals surface area contributed by atoms with Crippen LogP contribution in [0.2, 0.25) is 0 Å². The van der Waals surface area contributed by atoms with Gasteiger partial charge in [-0.2, -0.15) is 5.26 Å². The molecule has 1 aromatic rings. The lowest BCUT2D eigenvalue weighted by Crippen LogP contribution is -2.23. The van der Waals surface area contributed by atoms with Crippen molar-refractivity contribution in [1.82, 2.24) is 4.98 Å². The van der Waals surface area contributed by atoms with Crippen LogP contribution >= 0.6 is 0 Å². The van der Waals surface area contributed by atoms with Crippen LogP contribution in [0.25, 0.3) is 0 Å². The maximum absolute atomic E-state index is 9.50. The van der Waals surface area contributed by atoms with Gasteiger partial charge in [0.15, 0.2) is 0 Å². The molecule has 1 heterocycles. The van der Waals surface area contributed by atoms with Crippen LogP contribution in [0, 0.1) is 31.1 Å². The van der Waals surface area contributed by atoms with E-state index in [1.54, 1.807) is 0 Å². The van der Waals surface area contributed by atoms with Crippen molar-refractivity contribution in [1.29, 1.82) is 5.26 Å². The minimum atomic E-state index is -0.115. The standard InChI is InChI=1S/C15H21N3O/c1-10-7-15(14(8-16)11(2)18-10)17-9-12-3-5-13(19)6-4-12/h7,12-13,19H,3-6,9H2,1-2H3,(H,17,18). The Balaban J connectivity index is 2.01. The molecular formula is C15H21N3O. The highest BCUT2D eigenvalue weighted by Gasteiger charge is 2.19. The summed E-state index contributed by atoms with van der Waals surface area (Å²) in [5.74, 6) is 0.587. The number of rotatable bonds is 3. The van der Waals surface area contributed by atoms with Crippen LogP contribution in [0.5, 0.6) is 0 Å². The fraction of sp³-hybridized carbons (Fsp3) is 0.600. The van der Waals surface area contributed by atoms with Gasteiger partial charge < -0.3 is 10.4 Å². The number of nitriles is 1. The molecule has 1 fully saturated rings. The lowest BCUT2D eigenvalue weighted by molar-refractivity contribution is 0.111. The van der Waals surface area contributed by atoms with Crippen molar-refractivity contribution >= 4 is 5.69 Å². The third-order valence-corrected chi connectivity index (χ3v) is 3.84. The highest BCUT2D eigenvalue weighted by atomic mass is 16.3. The average Bonchev–Trinajstić information content (AvgIpc) is 2.37. The Morgan fingerprint density at radius 2 is 2.05 bits per heavy atom. The summed E-state index contributed by atoms with van der Waals surface area (Å²) in [4.78, 5) is 4.31. The van der Waals surface area contributed by atoms with E-state index in [-0.39, 0.29) is 6.10 Å². The van der Waals surface area contributed by atoms with Crippen molar-refractivity contribution in [2.24, 2.45) is 5.92 Å². The van der Waals surface area contributed by atoms with Crippen molar-refractivity contribution in [3.63, 3.8) is 0 Å². The number of nitrogens with zero attached hydrogens (tertiary/aromatic N) is 2. The number of aliphatic hydroxyl groups is 1. The molecule has 0 spiro atoms. The summed E-state index contributed by atoms with van der Waals surface area (Å²) in [6.45, 7) is 4.67. The Labute approximate surface area is 114 Å². The molecule has 0 bridgehead atoms. The zero-order chi connectivity index (χ0) is 13.8. The van der Waals surface area contributed by atoms with E-state index in [0.29, 0.717) is 11.5 Å². The fourth-order valence-electron chi connectivity index (χ4n) is 2.71. The summed E-state index contributed by atoms with van der Waals surface area (Å²) in [7, 11) is 0. The molecule has 19 heavy (non-hydrogen) atoms. The van der Waals surface area contributed by atoms with Crippen LogP contribution in [0.4, 0.5) is 5.69 Å². The number of aryl methyl sites for hydroxylation is 2. The number of hydrogen-bond acceptors (Lipinski definition) is 4. The van der Waals surface area contributed by atoms with Crippen molar-refractivity contribution in [2.75, 3.05) is 11.9 Å². The Kier molecular flexibility index (Phi) is 4.39. The Bertz CT molecular complexity index is 485. The van der Waals surface area contributed by atoms with E-state index < -0.39 is 0 Å². The summed E-state index contributed by atoms with van der Waals surface area (Å²) in [6.07, 6.45) is 3.78. The molecular weight excluding hydrogens is 238 g/mol. The van der Waals surface area contributed by atoms with Gasteiger partial charge in [-0.15, -0.1) is 0 Å². The summed E-state index contributed by atoms with van der Waals surface area (Å²) in [5, 5.41) is 22.1. The number of anilines is 1. The minimum Gasteiger partial charge on any atom is -0.393 e. The van der Waals surface area contributed by atoms with E-state index in [0.717, 1.165) is 49.3 Å². The summed E-state index contributed by atoms with van der Waals surface area (Å²) >= 11 is 0. The Morgan fingerprint density at radius 3 is 2.68 bits per heavy atom. The van der Waals surface area contributed by atoms with Crippen LogP contribution in [0.1, 0.15) is 42.6 Å². The zero-order valence-electron chi connectivity index (χ0n) is 11.6. The molecule has 0 unspecified atom stereocenters. The maximum atomic E-state index is 9.50. The number of hydrogen-bond donors (Lipinski definition) is 2. The van der Waals surface area contributed by atoms with Gasteiger partial charge in [-0.25, -0.2) is 0 Å². The monoisotopic (exact) mass is 259 g/mol. The second-order valence-corrected chi connectivity index (χ2v) is 5.44. The highest BCUT2D eigenvalue weighted by molar-refractivity contribution is 5.59. The molecule has 0 aliphatic heterocycles. The largest absolute Gasteiger partial charge is 0.393 e. The first kappa shape index (κ1) is 13.8. The highest BCUT2D eigenvalue weighted by Crippen LogP contribution is 2.25. The smallest absolute Gasteiger partial charge is 0.103 e. The molecule has 0 saturated heterocycles. The third kappa shape index (κ3) is 3.45. The van der Waals surface area contributed by atoms with Gasteiger partial charge in [0.25, 0.3) is 0 Å². The fourth-order valence-corrected chi connectivity index (χ4v) is 2.71. The average molecular weight is 259 g/mol. The lowest BCUT2D eigenvalue weighted by Gasteiger charge is -2.26. The first-order valence-corrected chi connectivity index (χ1v) is 6.90. The Hall–Kier alpha value is -1.60. The normalized spacial score (nSPS) is 22.8. The van der Waals surface area contributed by atoms with Crippen LogP contribution < -0.4 is 5.32 Å². The van der Waals surface area contributed by atoms with E-state index >= 15 is 0 Å². The zero-order valence-corrected chi connectivity index (χ0v) is 11.6. The van der Waals surface area contributed by atoms with Crippen molar-refractivity contribution in [2.45, 2.75) is 45.6 Å². The predicted molar refractivity (Wildman–Crippen MR) is 74.9 cm³/mol. The topological polar surface area (TPSA) is 68.9 Å². The van der Waals surface area contributed by atoms with Gasteiger partial charge in [-0.1, -0.05) is 0 Å². The molecule has 0 radical (unpaired) electrons. The first-order chi connectivity index (χ1) is 9.10. The van der Waals surface area contributed by atoms with Gasteiger partial charge in [0.1, 0.15) is 6.07 Å². The molecule has 1 saturated carbocycles. The maximum Gasteiger partial charge on any atom is 0.103 e. The van der Waals surface area contributed by atoms with Crippen LogP contribution in [0.15, 0.2) is 6.07 Å². The van der Waals surface area contributed by atoms with Crippen LogP contribution in [-0.4, -0.2) is 22.7 Å². The van der Waals surface area contributed by atoms with E-state index in [4.69, 9.17) is 0 Å². The van der Waals surface area contributed by atoms with Crippen LogP contribution in [0.3, 0.4) is 0 Å². The molecule has 1 aliphatic carbocycles. The molecule has 2 N–H and O–H groups in total. The molecule has 0 amide bonds. The van der Waals surface area contributed by atoms with E-state index in [1.165, 1.54) is 0 Å². The second kappa shape index (κ2) is 6.03. The quantitative estimate of drug-likeness (QED) is 0.875. The van der Waals surface area contributed by atoms with Gasteiger partial charge in [-0.3, -0.25) is 4.98 Å². The minimum absolute atomic E-state index is 0.115. The van der Waals surface area contributed by atoms with Crippen molar-refractivity contribution < 1.29 is 5.11 Å². The number of aliphatic hydroxyl groups excluding tert-OH is 1. The van der Waals surface area contributed by atoms with Gasteiger partial charge in [0.2, 0.25) is 0 Å². The second-order valence-electron chi connectivity index (χ2n) is 5.44. The summed E-state index contributed by atoms with van der Waals surface area (Å²) in [6, 6.07) is 4.15. The summed E-state index contributed by atoms with van der Waals surface area (Å²) < 4.78 is 0. The molecule has 4 nitrogen and oxygen atoms in total. The van der Waals surface area contributed by atoms with Gasteiger partial charge in [-0.05, 0) is 51.5 Å². The van der Waals surface area contributed by atoms with Crippen molar-refractivity contribution in [3.8, 4) is 6.07 Å². The van der Waals surface area contributed by atoms with E-state index in [2.05, 4.69) is 16.4 Å². The predicted octanol–water partition coefficient (Wildman–Crippen LogP) is 2.53. The van der Waals surface area contributed by atoms with Gasteiger partial charge in [0, 0.05) is 12.2 Å². The van der Waals surface area contributed by atoms with Crippen molar-refractivity contribution in [3.05, 3.63) is 23.0 Å². The number of nitrogens with one attached hydrogen (secondary N) is 1. The molecule has 4 heteroatoms. The van der Waals surface area contributed by atoms with E-state index in [1.807, 2.05) is 19.9 Å². The first-order valence-electron chi connectivity index (χ1n) is 6.90. The molecule has 2 rings (SSSR count). The van der Waals surface area contributed by atoms with Gasteiger partial charge in [0.05, 0.1) is 23.0 Å². The molecule has 1 aliphatic rings. The molecule has 0 atom stereocenters. The van der Waals surface area contributed by atoms with Gasteiger partial charge >= 0.3 is 0 Å². The van der Waals surface area contributed by atoms with Crippen LogP contribution in [-0.2, 0) is 0 Å². The van der Waals surface area contributed by atoms with E-state index in [9.17, 15) is 10.4 Å². The summed E-state index contributed by atoms with van der Waals surface area (Å²) in [5.41, 5.74) is 3.24.